The minimum atomic E-state index is 0.0244. The van der Waals surface area contributed by atoms with Crippen molar-refractivity contribution in [2.24, 2.45) is 0 Å². The number of benzene rings is 2. The van der Waals surface area contributed by atoms with Crippen molar-refractivity contribution in [2.45, 2.75) is 19.3 Å². The molecule has 3 heteroatoms. The number of amides is 1. The first kappa shape index (κ1) is 14.6. The van der Waals surface area contributed by atoms with E-state index in [0.717, 1.165) is 24.3 Å². The van der Waals surface area contributed by atoms with Gasteiger partial charge in [-0.25, -0.2) is 0 Å². The monoisotopic (exact) mass is 294 g/mol. The molecule has 0 bridgehead atoms. The van der Waals surface area contributed by atoms with Crippen LogP contribution < -0.4 is 9.80 Å². The summed E-state index contributed by atoms with van der Waals surface area (Å²) in [6, 6.07) is 17.7. The highest BCUT2D eigenvalue weighted by molar-refractivity contribution is 6.05. The molecule has 0 N–H and O–H groups in total. The van der Waals surface area contributed by atoms with Gasteiger partial charge in [-0.15, -0.1) is 0 Å². The average Bonchev–Trinajstić information content (AvgIpc) is 2.62. The van der Waals surface area contributed by atoms with Crippen LogP contribution in [-0.4, -0.2) is 26.0 Å². The van der Waals surface area contributed by atoms with Crippen LogP contribution >= 0.6 is 0 Å². The lowest BCUT2D eigenvalue weighted by Gasteiger charge is -2.29. The number of anilines is 2. The number of rotatable bonds is 3. The molecule has 1 aliphatic heterocycles. The van der Waals surface area contributed by atoms with Gasteiger partial charge in [0.2, 0.25) is 0 Å². The second-order valence-corrected chi connectivity index (χ2v) is 5.79. The molecule has 0 spiro atoms. The fourth-order valence-electron chi connectivity index (χ4n) is 2.93. The molecular formula is C19H22N2O. The van der Waals surface area contributed by atoms with Gasteiger partial charge < -0.3 is 9.80 Å². The summed E-state index contributed by atoms with van der Waals surface area (Å²) >= 11 is 0. The van der Waals surface area contributed by atoms with Gasteiger partial charge in [0.05, 0.1) is 0 Å². The van der Waals surface area contributed by atoms with Crippen molar-refractivity contribution in [2.75, 3.05) is 29.9 Å². The number of piperidine rings is 1. The van der Waals surface area contributed by atoms with Crippen LogP contribution in [0.2, 0.25) is 0 Å². The first-order valence-corrected chi connectivity index (χ1v) is 7.94. The number of hydrogen-bond acceptors (Lipinski definition) is 2. The van der Waals surface area contributed by atoms with Crippen molar-refractivity contribution < 1.29 is 4.79 Å². The number of hydrogen-bond donors (Lipinski definition) is 0. The van der Waals surface area contributed by atoms with Gasteiger partial charge in [-0.05, 0) is 55.7 Å². The van der Waals surface area contributed by atoms with Gasteiger partial charge in [0.25, 0.3) is 5.91 Å². The van der Waals surface area contributed by atoms with Gasteiger partial charge in [-0.3, -0.25) is 4.79 Å². The molecule has 2 aromatic carbocycles. The summed E-state index contributed by atoms with van der Waals surface area (Å²) in [5.41, 5.74) is 2.86. The molecule has 1 saturated heterocycles. The summed E-state index contributed by atoms with van der Waals surface area (Å²) in [6.07, 6.45) is 3.85. The van der Waals surface area contributed by atoms with Gasteiger partial charge in [-0.1, -0.05) is 18.2 Å². The van der Waals surface area contributed by atoms with Crippen molar-refractivity contribution in [1.29, 1.82) is 0 Å². The van der Waals surface area contributed by atoms with Crippen molar-refractivity contribution in [3.63, 3.8) is 0 Å². The molecule has 1 fully saturated rings. The van der Waals surface area contributed by atoms with Crippen molar-refractivity contribution in [3.05, 3.63) is 60.2 Å². The Morgan fingerprint density at radius 2 is 1.55 bits per heavy atom. The third kappa shape index (κ3) is 3.14. The number of carbonyl (C=O) groups is 1. The van der Waals surface area contributed by atoms with Crippen LogP contribution in [0.3, 0.4) is 0 Å². The van der Waals surface area contributed by atoms with Crippen LogP contribution in [0.15, 0.2) is 54.6 Å². The van der Waals surface area contributed by atoms with E-state index >= 15 is 0 Å². The van der Waals surface area contributed by atoms with Gasteiger partial charge in [0.15, 0.2) is 0 Å². The summed E-state index contributed by atoms with van der Waals surface area (Å²) in [5.74, 6) is 0.0244. The Morgan fingerprint density at radius 1 is 0.909 bits per heavy atom. The number of carbonyl (C=O) groups excluding carboxylic acids is 1. The third-order valence-electron chi connectivity index (χ3n) is 4.28. The largest absolute Gasteiger partial charge is 0.372 e. The van der Waals surface area contributed by atoms with E-state index in [1.807, 2.05) is 49.5 Å². The van der Waals surface area contributed by atoms with E-state index < -0.39 is 0 Å². The SMILES string of the molecule is CN(C(=O)c1ccc(N2CCCCC2)cc1)c1ccccc1. The van der Waals surface area contributed by atoms with Crippen molar-refractivity contribution in [3.8, 4) is 0 Å². The van der Waals surface area contributed by atoms with Crippen molar-refractivity contribution >= 4 is 17.3 Å². The molecule has 1 heterocycles. The van der Waals surface area contributed by atoms with E-state index in [1.54, 1.807) is 4.90 Å². The molecule has 0 radical (unpaired) electrons. The Kier molecular flexibility index (Phi) is 4.42. The van der Waals surface area contributed by atoms with Gasteiger partial charge in [-0.2, -0.15) is 0 Å². The van der Waals surface area contributed by atoms with E-state index in [4.69, 9.17) is 0 Å². The highest BCUT2D eigenvalue weighted by Gasteiger charge is 2.15. The Labute approximate surface area is 132 Å². The summed E-state index contributed by atoms with van der Waals surface area (Å²) < 4.78 is 0. The molecule has 3 rings (SSSR count). The highest BCUT2D eigenvalue weighted by Crippen LogP contribution is 2.21. The molecule has 2 aromatic rings. The van der Waals surface area contributed by atoms with Crippen molar-refractivity contribution in [1.82, 2.24) is 0 Å². The first-order chi connectivity index (χ1) is 10.8. The first-order valence-electron chi connectivity index (χ1n) is 7.94. The van der Waals surface area contributed by atoms with Crippen LogP contribution in [0.5, 0.6) is 0 Å². The quantitative estimate of drug-likeness (QED) is 0.855. The van der Waals surface area contributed by atoms with Gasteiger partial charge in [0.1, 0.15) is 0 Å². The molecule has 1 amide bonds. The molecule has 1 aliphatic rings. The summed E-state index contributed by atoms with van der Waals surface area (Å²) in [4.78, 5) is 16.6. The molecule has 0 atom stereocenters. The summed E-state index contributed by atoms with van der Waals surface area (Å²) in [6.45, 7) is 2.24. The predicted octanol–water partition coefficient (Wildman–Crippen LogP) is 3.95. The van der Waals surface area contributed by atoms with Gasteiger partial charge >= 0.3 is 0 Å². The van der Waals surface area contributed by atoms with E-state index in [0.29, 0.717) is 0 Å². The Bertz CT molecular complexity index is 616. The maximum atomic E-state index is 12.5. The normalized spacial score (nSPS) is 14.7. The maximum absolute atomic E-state index is 12.5. The molecular weight excluding hydrogens is 272 g/mol. The second kappa shape index (κ2) is 6.65. The third-order valence-corrected chi connectivity index (χ3v) is 4.28. The van der Waals surface area contributed by atoms with E-state index in [1.165, 1.54) is 24.9 Å². The minimum absolute atomic E-state index is 0.0244. The second-order valence-electron chi connectivity index (χ2n) is 5.79. The smallest absolute Gasteiger partial charge is 0.258 e. The van der Waals surface area contributed by atoms with Crippen LogP contribution in [0, 0.1) is 0 Å². The molecule has 22 heavy (non-hydrogen) atoms. The van der Waals surface area contributed by atoms with Crippen LogP contribution in [0.25, 0.3) is 0 Å². The molecule has 114 valence electrons. The lowest BCUT2D eigenvalue weighted by molar-refractivity contribution is 0.0993. The molecule has 0 unspecified atom stereocenters. The summed E-state index contributed by atoms with van der Waals surface area (Å²) in [7, 11) is 1.82. The van der Waals surface area contributed by atoms with Crippen LogP contribution in [0.4, 0.5) is 11.4 Å². The fourth-order valence-corrected chi connectivity index (χ4v) is 2.93. The number of nitrogens with zero attached hydrogens (tertiary/aromatic N) is 2. The molecule has 0 aromatic heterocycles. The highest BCUT2D eigenvalue weighted by atomic mass is 16.2. The predicted molar refractivity (Wildman–Crippen MR) is 91.7 cm³/mol. The lowest BCUT2D eigenvalue weighted by atomic mass is 10.1. The average molecular weight is 294 g/mol. The molecule has 0 aliphatic carbocycles. The lowest BCUT2D eigenvalue weighted by Crippen LogP contribution is -2.29. The Hall–Kier alpha value is -2.29. The Balaban J connectivity index is 1.73. The van der Waals surface area contributed by atoms with Crippen LogP contribution in [-0.2, 0) is 0 Å². The topological polar surface area (TPSA) is 23.6 Å². The van der Waals surface area contributed by atoms with Gasteiger partial charge in [0, 0.05) is 37.1 Å². The zero-order valence-electron chi connectivity index (χ0n) is 13.0. The minimum Gasteiger partial charge on any atom is -0.372 e. The van der Waals surface area contributed by atoms with Crippen LogP contribution in [0.1, 0.15) is 29.6 Å². The van der Waals surface area contributed by atoms with E-state index in [9.17, 15) is 4.79 Å². The standard InChI is InChI=1S/C19H22N2O/c1-20(17-8-4-2-5-9-17)19(22)16-10-12-18(13-11-16)21-14-6-3-7-15-21/h2,4-5,8-13H,3,6-7,14-15H2,1H3. The molecule has 0 saturated carbocycles. The van der Waals surface area contributed by atoms with E-state index in [-0.39, 0.29) is 5.91 Å². The fraction of sp³-hybridized carbons (Fsp3) is 0.316. The zero-order chi connectivity index (χ0) is 15.4. The Morgan fingerprint density at radius 3 is 2.18 bits per heavy atom. The summed E-state index contributed by atoms with van der Waals surface area (Å²) in [5, 5.41) is 0. The maximum Gasteiger partial charge on any atom is 0.258 e. The zero-order valence-corrected chi connectivity index (χ0v) is 13.0. The molecule has 3 nitrogen and oxygen atoms in total. The van der Waals surface area contributed by atoms with E-state index in [2.05, 4.69) is 17.0 Å². The number of para-hydroxylation sites is 1.